The van der Waals surface area contributed by atoms with Gasteiger partial charge >= 0.3 is 0 Å². The van der Waals surface area contributed by atoms with Gasteiger partial charge in [-0.1, -0.05) is 6.07 Å². The van der Waals surface area contributed by atoms with Crippen LogP contribution in [0.5, 0.6) is 11.5 Å². The first-order chi connectivity index (χ1) is 13.2. The molecule has 0 saturated carbocycles. The van der Waals surface area contributed by atoms with Gasteiger partial charge < -0.3 is 15.2 Å². The standard InChI is InChI=1S/C20H19N5O2/c21-20-22-9-14-10-25(7-6-17(14)24-20)11-15-2-1-3-16(23-15)13-4-5-18-19(8-13)27-12-26-18/h1-5,8-9H,6-7,10-12H2,(H2,21,22,24). The Kier molecular flexibility index (Phi) is 3.86. The van der Waals surface area contributed by atoms with E-state index in [0.717, 1.165) is 65.8 Å². The zero-order valence-electron chi connectivity index (χ0n) is 14.8. The fourth-order valence-electron chi connectivity index (χ4n) is 3.54. The molecule has 7 nitrogen and oxygen atoms in total. The first-order valence-electron chi connectivity index (χ1n) is 8.93. The number of anilines is 1. The largest absolute Gasteiger partial charge is 0.454 e. The average molecular weight is 361 g/mol. The highest BCUT2D eigenvalue weighted by atomic mass is 16.7. The van der Waals surface area contributed by atoms with Crippen LogP contribution < -0.4 is 15.2 Å². The Bertz CT molecular complexity index is 1010. The minimum atomic E-state index is 0.276. The Morgan fingerprint density at radius 3 is 2.96 bits per heavy atom. The van der Waals surface area contributed by atoms with E-state index in [9.17, 15) is 0 Å². The average Bonchev–Trinajstić information content (AvgIpc) is 3.16. The number of nitrogen functional groups attached to an aromatic ring is 1. The van der Waals surface area contributed by atoms with E-state index in [1.54, 1.807) is 0 Å². The van der Waals surface area contributed by atoms with Gasteiger partial charge in [-0.15, -0.1) is 0 Å². The second-order valence-electron chi connectivity index (χ2n) is 6.74. The molecule has 2 aliphatic rings. The molecule has 2 aliphatic heterocycles. The fourth-order valence-corrected chi connectivity index (χ4v) is 3.54. The van der Waals surface area contributed by atoms with Crippen LogP contribution in [0.3, 0.4) is 0 Å². The smallest absolute Gasteiger partial charge is 0.231 e. The maximum absolute atomic E-state index is 5.68. The highest BCUT2D eigenvalue weighted by Crippen LogP contribution is 2.35. The molecule has 0 fully saturated rings. The third-order valence-corrected chi connectivity index (χ3v) is 4.89. The summed E-state index contributed by atoms with van der Waals surface area (Å²) in [6.45, 7) is 2.80. The van der Waals surface area contributed by atoms with E-state index in [0.29, 0.717) is 5.95 Å². The number of ether oxygens (including phenoxy) is 2. The van der Waals surface area contributed by atoms with Crippen LogP contribution in [0, 0.1) is 0 Å². The minimum absolute atomic E-state index is 0.276. The van der Waals surface area contributed by atoms with Crippen molar-refractivity contribution in [1.29, 1.82) is 0 Å². The summed E-state index contributed by atoms with van der Waals surface area (Å²) in [6, 6.07) is 12.0. The predicted molar refractivity (Wildman–Crippen MR) is 100 cm³/mol. The number of nitrogens with zero attached hydrogens (tertiary/aromatic N) is 4. The van der Waals surface area contributed by atoms with Crippen molar-refractivity contribution in [1.82, 2.24) is 19.9 Å². The van der Waals surface area contributed by atoms with Crippen molar-refractivity contribution in [3.05, 3.63) is 59.5 Å². The van der Waals surface area contributed by atoms with E-state index >= 15 is 0 Å². The molecular weight excluding hydrogens is 342 g/mol. The van der Waals surface area contributed by atoms with Gasteiger partial charge in [0.2, 0.25) is 12.7 Å². The molecular formula is C20H19N5O2. The summed E-state index contributed by atoms with van der Waals surface area (Å²) in [5.41, 5.74) is 10.9. The van der Waals surface area contributed by atoms with Crippen molar-refractivity contribution in [2.24, 2.45) is 0 Å². The molecule has 2 aromatic heterocycles. The van der Waals surface area contributed by atoms with Crippen molar-refractivity contribution < 1.29 is 9.47 Å². The van der Waals surface area contributed by atoms with Crippen LogP contribution in [-0.4, -0.2) is 33.2 Å². The molecule has 4 heterocycles. The number of fused-ring (bicyclic) bond motifs is 2. The van der Waals surface area contributed by atoms with Gasteiger partial charge in [0, 0.05) is 43.4 Å². The Labute approximate surface area is 156 Å². The fraction of sp³-hybridized carbons (Fsp3) is 0.250. The number of benzene rings is 1. The van der Waals surface area contributed by atoms with Crippen LogP contribution >= 0.6 is 0 Å². The first kappa shape index (κ1) is 16.0. The zero-order chi connectivity index (χ0) is 18.2. The lowest BCUT2D eigenvalue weighted by Gasteiger charge is -2.27. The second-order valence-corrected chi connectivity index (χ2v) is 6.74. The van der Waals surface area contributed by atoms with Crippen LogP contribution in [0.15, 0.2) is 42.6 Å². The van der Waals surface area contributed by atoms with Gasteiger partial charge in [-0.25, -0.2) is 9.97 Å². The van der Waals surface area contributed by atoms with Gasteiger partial charge in [0.05, 0.1) is 17.1 Å². The summed E-state index contributed by atoms with van der Waals surface area (Å²) in [6.07, 6.45) is 2.71. The number of hydrogen-bond donors (Lipinski definition) is 1. The van der Waals surface area contributed by atoms with Gasteiger partial charge in [0.1, 0.15) is 0 Å². The Balaban J connectivity index is 1.35. The van der Waals surface area contributed by atoms with E-state index < -0.39 is 0 Å². The number of pyridine rings is 1. The van der Waals surface area contributed by atoms with E-state index in [4.69, 9.17) is 20.2 Å². The highest BCUT2D eigenvalue weighted by Gasteiger charge is 2.19. The third kappa shape index (κ3) is 3.17. The molecule has 0 atom stereocenters. The monoisotopic (exact) mass is 361 g/mol. The molecule has 0 radical (unpaired) electrons. The molecule has 2 N–H and O–H groups in total. The maximum atomic E-state index is 5.68. The number of hydrogen-bond acceptors (Lipinski definition) is 7. The van der Waals surface area contributed by atoms with Crippen LogP contribution in [0.4, 0.5) is 5.95 Å². The molecule has 0 amide bonds. The number of nitrogens with two attached hydrogens (primary N) is 1. The Morgan fingerprint density at radius 2 is 2.00 bits per heavy atom. The molecule has 27 heavy (non-hydrogen) atoms. The molecule has 0 unspecified atom stereocenters. The molecule has 1 aromatic carbocycles. The maximum Gasteiger partial charge on any atom is 0.231 e. The summed E-state index contributed by atoms with van der Waals surface area (Å²) in [7, 11) is 0. The van der Waals surface area contributed by atoms with Gasteiger partial charge in [0.15, 0.2) is 11.5 Å². The topological polar surface area (TPSA) is 86.4 Å². The lowest BCUT2D eigenvalue weighted by atomic mass is 10.1. The van der Waals surface area contributed by atoms with E-state index in [1.807, 2.05) is 36.5 Å². The van der Waals surface area contributed by atoms with E-state index in [1.165, 1.54) is 0 Å². The number of rotatable bonds is 3. The first-order valence-corrected chi connectivity index (χ1v) is 8.93. The van der Waals surface area contributed by atoms with Crippen LogP contribution in [0.1, 0.15) is 17.0 Å². The third-order valence-electron chi connectivity index (χ3n) is 4.89. The summed E-state index contributed by atoms with van der Waals surface area (Å²) in [4.78, 5) is 15.7. The van der Waals surface area contributed by atoms with Gasteiger partial charge in [-0.3, -0.25) is 9.88 Å². The quantitative estimate of drug-likeness (QED) is 0.766. The molecule has 136 valence electrons. The van der Waals surface area contributed by atoms with Gasteiger partial charge in [-0.2, -0.15) is 0 Å². The molecule has 0 saturated heterocycles. The summed E-state index contributed by atoms with van der Waals surface area (Å²) in [5.74, 6) is 1.90. The van der Waals surface area contributed by atoms with Crippen molar-refractivity contribution >= 4 is 5.95 Å². The lowest BCUT2D eigenvalue weighted by Crippen LogP contribution is -2.31. The lowest BCUT2D eigenvalue weighted by molar-refractivity contribution is 0.174. The van der Waals surface area contributed by atoms with Gasteiger partial charge in [-0.05, 0) is 30.3 Å². The van der Waals surface area contributed by atoms with E-state index in [-0.39, 0.29) is 6.79 Å². The van der Waals surface area contributed by atoms with Crippen LogP contribution in [-0.2, 0) is 19.5 Å². The summed E-state index contributed by atoms with van der Waals surface area (Å²) < 4.78 is 10.9. The molecule has 0 bridgehead atoms. The number of aromatic nitrogens is 3. The van der Waals surface area contributed by atoms with Gasteiger partial charge in [0.25, 0.3) is 0 Å². The Morgan fingerprint density at radius 1 is 1.07 bits per heavy atom. The minimum Gasteiger partial charge on any atom is -0.454 e. The molecule has 5 rings (SSSR count). The van der Waals surface area contributed by atoms with Crippen molar-refractivity contribution in [3.8, 4) is 22.8 Å². The molecule has 3 aromatic rings. The van der Waals surface area contributed by atoms with Crippen molar-refractivity contribution in [2.45, 2.75) is 19.5 Å². The van der Waals surface area contributed by atoms with Crippen molar-refractivity contribution in [3.63, 3.8) is 0 Å². The summed E-state index contributed by atoms with van der Waals surface area (Å²) in [5, 5.41) is 0. The van der Waals surface area contributed by atoms with Crippen LogP contribution in [0.25, 0.3) is 11.3 Å². The van der Waals surface area contributed by atoms with E-state index in [2.05, 4.69) is 20.9 Å². The molecule has 0 spiro atoms. The molecule has 0 aliphatic carbocycles. The zero-order valence-corrected chi connectivity index (χ0v) is 14.8. The Hall–Kier alpha value is -3.19. The van der Waals surface area contributed by atoms with Crippen molar-refractivity contribution in [2.75, 3.05) is 19.1 Å². The summed E-state index contributed by atoms with van der Waals surface area (Å²) >= 11 is 0. The molecule has 7 heteroatoms. The normalized spacial score (nSPS) is 15.6. The van der Waals surface area contributed by atoms with Crippen LogP contribution in [0.2, 0.25) is 0 Å². The highest BCUT2D eigenvalue weighted by molar-refractivity contribution is 5.64. The SMILES string of the molecule is Nc1ncc2c(n1)CCN(Cc1cccc(-c3ccc4c(c3)OCO4)n1)C2. The second kappa shape index (κ2) is 6.51. The predicted octanol–water partition coefficient (Wildman–Crippen LogP) is 2.41.